The number of anilines is 2. The molecular weight excluding hydrogens is 428 g/mol. The Bertz CT molecular complexity index is 708. The van der Waals surface area contributed by atoms with Crippen LogP contribution in [0.5, 0.6) is 11.5 Å². The Morgan fingerprint density at radius 3 is 2.48 bits per heavy atom. The summed E-state index contributed by atoms with van der Waals surface area (Å²) in [6, 6.07) is 10.9. The molecule has 0 radical (unpaired) electrons. The molecule has 0 aromatic heterocycles. The van der Waals surface area contributed by atoms with Gasteiger partial charge in [0.1, 0.15) is 11.5 Å². The van der Waals surface area contributed by atoms with Gasteiger partial charge < -0.3 is 20.1 Å². The third kappa shape index (κ3) is 4.87. The number of nitrogens with one attached hydrogen (secondary N) is 2. The number of carbonyl (C=O) groups excluding carboxylic acids is 1. The Balaban J connectivity index is 2.02. The van der Waals surface area contributed by atoms with Gasteiger partial charge >= 0.3 is 0 Å². The van der Waals surface area contributed by atoms with Crippen LogP contribution in [0.1, 0.15) is 0 Å². The number of rotatable bonds is 6. The number of halogens is 2. The number of benzene rings is 2. The molecule has 2 rings (SSSR count). The number of carbonyl (C=O) groups is 1. The highest BCUT2D eigenvalue weighted by molar-refractivity contribution is 9.11. The average Bonchev–Trinajstić information content (AvgIpc) is 2.54. The van der Waals surface area contributed by atoms with Gasteiger partial charge in [-0.2, -0.15) is 0 Å². The molecule has 2 aromatic carbocycles. The zero-order chi connectivity index (χ0) is 16.8. The van der Waals surface area contributed by atoms with Crippen molar-refractivity contribution in [2.45, 2.75) is 0 Å². The van der Waals surface area contributed by atoms with Gasteiger partial charge in [-0.1, -0.05) is 15.9 Å². The first kappa shape index (κ1) is 17.6. The third-order valence-corrected chi connectivity index (χ3v) is 4.20. The normalized spacial score (nSPS) is 10.1. The first-order valence-corrected chi connectivity index (χ1v) is 8.33. The molecular formula is C16H16Br2N2O3. The number of ether oxygens (including phenoxy) is 2. The van der Waals surface area contributed by atoms with Gasteiger partial charge in [0.15, 0.2) is 0 Å². The van der Waals surface area contributed by atoms with Crippen molar-refractivity contribution in [2.24, 2.45) is 0 Å². The fraction of sp³-hybridized carbons (Fsp3) is 0.188. The van der Waals surface area contributed by atoms with E-state index in [1.807, 2.05) is 18.2 Å². The van der Waals surface area contributed by atoms with Crippen molar-refractivity contribution in [1.29, 1.82) is 0 Å². The van der Waals surface area contributed by atoms with Crippen LogP contribution in [0, 0.1) is 0 Å². The number of amides is 1. The molecule has 0 unspecified atom stereocenters. The molecule has 0 saturated carbocycles. The van der Waals surface area contributed by atoms with E-state index in [0.717, 1.165) is 14.6 Å². The number of hydrogen-bond acceptors (Lipinski definition) is 4. The minimum atomic E-state index is -0.189. The van der Waals surface area contributed by atoms with E-state index in [9.17, 15) is 4.79 Å². The van der Waals surface area contributed by atoms with Crippen molar-refractivity contribution in [1.82, 2.24) is 0 Å². The van der Waals surface area contributed by atoms with Crippen LogP contribution in [0.25, 0.3) is 0 Å². The maximum absolute atomic E-state index is 12.1. The fourth-order valence-corrected chi connectivity index (χ4v) is 3.10. The van der Waals surface area contributed by atoms with Gasteiger partial charge in [0, 0.05) is 20.7 Å². The molecule has 0 bridgehead atoms. The molecule has 23 heavy (non-hydrogen) atoms. The molecule has 0 fully saturated rings. The molecule has 0 aliphatic heterocycles. The quantitative estimate of drug-likeness (QED) is 0.699. The molecule has 0 atom stereocenters. The van der Waals surface area contributed by atoms with E-state index in [1.54, 1.807) is 32.4 Å². The predicted octanol–water partition coefficient (Wildman–Crippen LogP) is 4.28. The van der Waals surface area contributed by atoms with E-state index >= 15 is 0 Å². The SMILES string of the molecule is COc1ccc(OC)c(NC(=O)CNc2ccc(Br)cc2Br)c1. The van der Waals surface area contributed by atoms with Gasteiger partial charge in [0.2, 0.25) is 5.91 Å². The molecule has 122 valence electrons. The predicted molar refractivity (Wildman–Crippen MR) is 98.5 cm³/mol. The lowest BCUT2D eigenvalue weighted by atomic mass is 10.2. The molecule has 2 N–H and O–H groups in total. The Morgan fingerprint density at radius 2 is 1.83 bits per heavy atom. The van der Waals surface area contributed by atoms with E-state index in [1.165, 1.54) is 0 Å². The molecule has 0 aliphatic rings. The molecule has 0 aliphatic carbocycles. The van der Waals surface area contributed by atoms with Crippen LogP contribution >= 0.6 is 31.9 Å². The summed E-state index contributed by atoms with van der Waals surface area (Å²) >= 11 is 6.83. The fourth-order valence-electron chi connectivity index (χ4n) is 1.91. The molecule has 0 spiro atoms. The monoisotopic (exact) mass is 442 g/mol. The average molecular weight is 444 g/mol. The highest BCUT2D eigenvalue weighted by atomic mass is 79.9. The van der Waals surface area contributed by atoms with Gasteiger partial charge in [-0.05, 0) is 46.3 Å². The van der Waals surface area contributed by atoms with E-state index in [2.05, 4.69) is 42.5 Å². The largest absolute Gasteiger partial charge is 0.497 e. The molecule has 7 heteroatoms. The Kier molecular flexibility index (Phi) is 6.29. The minimum Gasteiger partial charge on any atom is -0.497 e. The molecule has 1 amide bonds. The van der Waals surface area contributed by atoms with Crippen molar-refractivity contribution in [3.8, 4) is 11.5 Å². The highest BCUT2D eigenvalue weighted by Crippen LogP contribution is 2.29. The van der Waals surface area contributed by atoms with Gasteiger partial charge in [0.05, 0.1) is 26.5 Å². The highest BCUT2D eigenvalue weighted by Gasteiger charge is 2.10. The summed E-state index contributed by atoms with van der Waals surface area (Å²) in [6.45, 7) is 0.126. The summed E-state index contributed by atoms with van der Waals surface area (Å²) in [5.41, 5.74) is 1.40. The van der Waals surface area contributed by atoms with Crippen LogP contribution in [0.15, 0.2) is 45.3 Å². The maximum atomic E-state index is 12.1. The molecule has 0 saturated heterocycles. The Morgan fingerprint density at radius 1 is 1.04 bits per heavy atom. The van der Waals surface area contributed by atoms with Crippen molar-refractivity contribution < 1.29 is 14.3 Å². The van der Waals surface area contributed by atoms with Gasteiger partial charge in [-0.3, -0.25) is 4.79 Å². The Labute approximate surface area is 151 Å². The standard InChI is InChI=1S/C16H16Br2N2O3/c1-22-11-4-6-15(23-2)14(8-11)20-16(21)9-19-13-5-3-10(17)7-12(13)18/h3-8,19H,9H2,1-2H3,(H,20,21). The number of hydrogen-bond donors (Lipinski definition) is 2. The van der Waals surface area contributed by atoms with Crippen LogP contribution in [0.4, 0.5) is 11.4 Å². The zero-order valence-electron chi connectivity index (χ0n) is 12.7. The zero-order valence-corrected chi connectivity index (χ0v) is 15.8. The second-order valence-electron chi connectivity index (χ2n) is 4.59. The smallest absolute Gasteiger partial charge is 0.243 e. The van der Waals surface area contributed by atoms with Crippen LogP contribution < -0.4 is 20.1 Å². The molecule has 5 nitrogen and oxygen atoms in total. The molecule has 0 heterocycles. The lowest BCUT2D eigenvalue weighted by molar-refractivity contribution is -0.114. The molecule has 2 aromatic rings. The Hall–Kier alpha value is -1.73. The first-order valence-electron chi connectivity index (χ1n) is 6.74. The van der Waals surface area contributed by atoms with Crippen LogP contribution in [-0.4, -0.2) is 26.7 Å². The van der Waals surface area contributed by atoms with Gasteiger partial charge in [-0.15, -0.1) is 0 Å². The van der Waals surface area contributed by atoms with E-state index in [0.29, 0.717) is 17.2 Å². The van der Waals surface area contributed by atoms with Gasteiger partial charge in [-0.25, -0.2) is 0 Å². The summed E-state index contributed by atoms with van der Waals surface area (Å²) < 4.78 is 12.2. The summed E-state index contributed by atoms with van der Waals surface area (Å²) in [5.74, 6) is 1.03. The topological polar surface area (TPSA) is 59.6 Å². The van der Waals surface area contributed by atoms with E-state index < -0.39 is 0 Å². The van der Waals surface area contributed by atoms with Gasteiger partial charge in [0.25, 0.3) is 0 Å². The summed E-state index contributed by atoms with van der Waals surface area (Å²) in [6.07, 6.45) is 0. The van der Waals surface area contributed by atoms with Crippen LogP contribution in [-0.2, 0) is 4.79 Å². The van der Waals surface area contributed by atoms with E-state index in [4.69, 9.17) is 9.47 Å². The second kappa shape index (κ2) is 8.21. The second-order valence-corrected chi connectivity index (χ2v) is 6.36. The first-order chi connectivity index (χ1) is 11.0. The van der Waals surface area contributed by atoms with Crippen molar-refractivity contribution in [2.75, 3.05) is 31.4 Å². The lowest BCUT2D eigenvalue weighted by Crippen LogP contribution is -2.22. The summed E-state index contributed by atoms with van der Waals surface area (Å²) in [4.78, 5) is 12.1. The van der Waals surface area contributed by atoms with Crippen molar-refractivity contribution in [3.05, 3.63) is 45.3 Å². The minimum absolute atomic E-state index is 0.126. The number of methoxy groups -OCH3 is 2. The van der Waals surface area contributed by atoms with Crippen LogP contribution in [0.2, 0.25) is 0 Å². The van der Waals surface area contributed by atoms with Crippen molar-refractivity contribution >= 4 is 49.1 Å². The lowest BCUT2D eigenvalue weighted by Gasteiger charge is -2.13. The van der Waals surface area contributed by atoms with Crippen LogP contribution in [0.3, 0.4) is 0 Å². The van der Waals surface area contributed by atoms with E-state index in [-0.39, 0.29) is 12.5 Å². The third-order valence-electron chi connectivity index (χ3n) is 3.05. The summed E-state index contributed by atoms with van der Waals surface area (Å²) in [5, 5.41) is 5.88. The maximum Gasteiger partial charge on any atom is 0.243 e. The van der Waals surface area contributed by atoms with Crippen molar-refractivity contribution in [3.63, 3.8) is 0 Å². The summed E-state index contributed by atoms with van der Waals surface area (Å²) in [7, 11) is 3.12.